The van der Waals surface area contributed by atoms with E-state index in [1.54, 1.807) is 6.92 Å². The highest BCUT2D eigenvalue weighted by Crippen LogP contribution is 2.14. The van der Waals surface area contributed by atoms with Gasteiger partial charge in [0.25, 0.3) is 0 Å². The number of hydrogen-bond acceptors (Lipinski definition) is 5. The molecular weight excluding hydrogens is 312 g/mol. The van der Waals surface area contributed by atoms with E-state index in [2.05, 4.69) is 0 Å². The number of ether oxygens (including phenoxy) is 2. The van der Waals surface area contributed by atoms with Gasteiger partial charge in [0.05, 0.1) is 13.2 Å². The van der Waals surface area contributed by atoms with Crippen molar-refractivity contribution in [2.75, 3.05) is 26.2 Å². The quantitative estimate of drug-likeness (QED) is 0.779. The molecule has 0 aliphatic carbocycles. The Bertz CT molecular complexity index is 590. The topological polar surface area (TPSA) is 76.2 Å². The molecule has 1 atom stereocenters. The van der Waals surface area contributed by atoms with Crippen LogP contribution in [0.25, 0.3) is 0 Å². The Hall–Kier alpha value is -2.57. The Morgan fingerprint density at radius 2 is 1.83 bits per heavy atom. The SMILES string of the molecule is CCOC(=O)C1CN(C(=O)OCc2ccccc2)CCN1C(C)=O. The third-order valence-corrected chi connectivity index (χ3v) is 3.81. The largest absolute Gasteiger partial charge is 0.464 e. The third kappa shape index (κ3) is 4.47. The van der Waals surface area contributed by atoms with E-state index < -0.39 is 18.1 Å². The lowest BCUT2D eigenvalue weighted by molar-refractivity contribution is -0.157. The van der Waals surface area contributed by atoms with Crippen LogP contribution in [-0.2, 0) is 25.7 Å². The number of amides is 2. The molecule has 1 unspecified atom stereocenters. The summed E-state index contributed by atoms with van der Waals surface area (Å²) < 4.78 is 10.3. The normalized spacial score (nSPS) is 17.3. The van der Waals surface area contributed by atoms with E-state index in [9.17, 15) is 14.4 Å². The van der Waals surface area contributed by atoms with Gasteiger partial charge in [0.15, 0.2) is 0 Å². The highest BCUT2D eigenvalue weighted by molar-refractivity contribution is 5.84. The number of carbonyl (C=O) groups excluding carboxylic acids is 3. The van der Waals surface area contributed by atoms with Crippen molar-refractivity contribution in [1.29, 1.82) is 0 Å². The van der Waals surface area contributed by atoms with E-state index in [-0.39, 0.29) is 32.2 Å². The Balaban J connectivity index is 1.97. The molecular formula is C17H22N2O5. The van der Waals surface area contributed by atoms with Gasteiger partial charge in [0.1, 0.15) is 12.6 Å². The molecule has 0 saturated carbocycles. The number of rotatable bonds is 4. The molecule has 7 nitrogen and oxygen atoms in total. The zero-order valence-corrected chi connectivity index (χ0v) is 13.9. The van der Waals surface area contributed by atoms with Crippen molar-refractivity contribution in [3.05, 3.63) is 35.9 Å². The summed E-state index contributed by atoms with van der Waals surface area (Å²) in [6.07, 6.45) is -0.503. The molecule has 1 aliphatic rings. The molecule has 0 bridgehead atoms. The molecule has 1 saturated heterocycles. The maximum atomic E-state index is 12.2. The minimum Gasteiger partial charge on any atom is -0.464 e. The summed E-state index contributed by atoms with van der Waals surface area (Å²) >= 11 is 0. The van der Waals surface area contributed by atoms with Gasteiger partial charge in [-0.2, -0.15) is 0 Å². The van der Waals surface area contributed by atoms with Crippen LogP contribution in [0, 0.1) is 0 Å². The lowest BCUT2D eigenvalue weighted by atomic mass is 10.1. The smallest absolute Gasteiger partial charge is 0.410 e. The van der Waals surface area contributed by atoms with Crippen LogP contribution in [0.5, 0.6) is 0 Å². The van der Waals surface area contributed by atoms with E-state index >= 15 is 0 Å². The number of benzene rings is 1. The minimum atomic E-state index is -0.791. The second-order valence-electron chi connectivity index (χ2n) is 5.47. The van der Waals surface area contributed by atoms with Crippen molar-refractivity contribution in [1.82, 2.24) is 9.80 Å². The van der Waals surface area contributed by atoms with Crippen molar-refractivity contribution >= 4 is 18.0 Å². The molecule has 2 rings (SSSR count). The minimum absolute atomic E-state index is 0.0754. The average Bonchev–Trinajstić information content (AvgIpc) is 2.60. The highest BCUT2D eigenvalue weighted by atomic mass is 16.6. The Labute approximate surface area is 141 Å². The summed E-state index contributed by atoms with van der Waals surface area (Å²) in [4.78, 5) is 38.8. The van der Waals surface area contributed by atoms with Crippen LogP contribution in [-0.4, -0.2) is 60.1 Å². The molecule has 2 amide bonds. The van der Waals surface area contributed by atoms with Gasteiger partial charge < -0.3 is 19.3 Å². The van der Waals surface area contributed by atoms with Crippen LogP contribution in [0.2, 0.25) is 0 Å². The molecule has 7 heteroatoms. The van der Waals surface area contributed by atoms with Gasteiger partial charge in [-0.15, -0.1) is 0 Å². The van der Waals surface area contributed by atoms with E-state index in [4.69, 9.17) is 9.47 Å². The first-order valence-corrected chi connectivity index (χ1v) is 7.92. The van der Waals surface area contributed by atoms with Crippen molar-refractivity contribution in [3.8, 4) is 0 Å². The van der Waals surface area contributed by atoms with Gasteiger partial charge in [0.2, 0.25) is 5.91 Å². The number of carbonyl (C=O) groups is 3. The van der Waals surface area contributed by atoms with Gasteiger partial charge >= 0.3 is 12.1 Å². The van der Waals surface area contributed by atoms with E-state index in [1.807, 2.05) is 30.3 Å². The van der Waals surface area contributed by atoms with Crippen LogP contribution in [0.15, 0.2) is 30.3 Å². The molecule has 1 aromatic rings. The Kier molecular flexibility index (Phi) is 6.17. The summed E-state index contributed by atoms with van der Waals surface area (Å²) in [6, 6.07) is 8.55. The fourth-order valence-electron chi connectivity index (χ4n) is 2.58. The predicted octanol–water partition coefficient (Wildman–Crippen LogP) is 1.42. The van der Waals surface area contributed by atoms with Crippen molar-refractivity contribution in [2.45, 2.75) is 26.5 Å². The molecule has 1 aliphatic heterocycles. The average molecular weight is 334 g/mol. The standard InChI is InChI=1S/C17H22N2O5/c1-3-23-16(21)15-11-18(9-10-19(15)13(2)20)17(22)24-12-14-7-5-4-6-8-14/h4-8,15H,3,9-12H2,1-2H3. The van der Waals surface area contributed by atoms with Crippen LogP contribution < -0.4 is 0 Å². The van der Waals surface area contributed by atoms with Gasteiger partial charge in [0, 0.05) is 20.0 Å². The first kappa shape index (κ1) is 17.8. The molecule has 1 fully saturated rings. The zero-order valence-electron chi connectivity index (χ0n) is 13.9. The van der Waals surface area contributed by atoms with Crippen molar-refractivity contribution in [2.24, 2.45) is 0 Å². The van der Waals surface area contributed by atoms with Gasteiger partial charge in [-0.1, -0.05) is 30.3 Å². The molecule has 24 heavy (non-hydrogen) atoms. The highest BCUT2D eigenvalue weighted by Gasteiger charge is 2.37. The van der Waals surface area contributed by atoms with E-state index in [1.165, 1.54) is 16.7 Å². The zero-order chi connectivity index (χ0) is 17.5. The molecule has 0 N–H and O–H groups in total. The maximum Gasteiger partial charge on any atom is 0.410 e. The molecule has 0 aromatic heterocycles. The first-order chi connectivity index (χ1) is 11.5. The fourth-order valence-corrected chi connectivity index (χ4v) is 2.58. The van der Waals surface area contributed by atoms with Crippen LogP contribution in [0.3, 0.4) is 0 Å². The van der Waals surface area contributed by atoms with Crippen LogP contribution in [0.4, 0.5) is 4.79 Å². The lowest BCUT2D eigenvalue weighted by Crippen LogP contribution is -2.59. The van der Waals surface area contributed by atoms with Gasteiger partial charge in [-0.25, -0.2) is 9.59 Å². The monoisotopic (exact) mass is 334 g/mol. The summed E-state index contributed by atoms with van der Waals surface area (Å²) in [5.41, 5.74) is 0.884. The first-order valence-electron chi connectivity index (χ1n) is 7.92. The molecule has 130 valence electrons. The maximum absolute atomic E-state index is 12.2. The van der Waals surface area contributed by atoms with Crippen molar-refractivity contribution < 1.29 is 23.9 Å². The van der Waals surface area contributed by atoms with E-state index in [0.29, 0.717) is 6.54 Å². The number of hydrogen-bond donors (Lipinski definition) is 0. The lowest BCUT2D eigenvalue weighted by Gasteiger charge is -2.38. The number of esters is 1. The van der Waals surface area contributed by atoms with Crippen LogP contribution >= 0.6 is 0 Å². The summed E-state index contributed by atoms with van der Waals surface area (Å²) in [7, 11) is 0. The molecule has 1 heterocycles. The second-order valence-corrected chi connectivity index (χ2v) is 5.47. The predicted molar refractivity (Wildman–Crippen MR) is 86.0 cm³/mol. The number of piperazine rings is 1. The summed E-state index contributed by atoms with van der Waals surface area (Å²) in [5.74, 6) is -0.724. The van der Waals surface area contributed by atoms with Crippen LogP contribution in [0.1, 0.15) is 19.4 Å². The second kappa shape index (κ2) is 8.33. The Morgan fingerprint density at radius 3 is 2.46 bits per heavy atom. The number of nitrogens with zero attached hydrogens (tertiary/aromatic N) is 2. The summed E-state index contributed by atoms with van der Waals surface area (Å²) in [6.45, 7) is 4.16. The summed E-state index contributed by atoms with van der Waals surface area (Å²) in [5, 5.41) is 0. The molecule has 0 spiro atoms. The van der Waals surface area contributed by atoms with Gasteiger partial charge in [-0.3, -0.25) is 4.79 Å². The molecule has 1 aromatic carbocycles. The van der Waals surface area contributed by atoms with Crippen molar-refractivity contribution in [3.63, 3.8) is 0 Å². The fraction of sp³-hybridized carbons (Fsp3) is 0.471. The molecule has 0 radical (unpaired) electrons. The Morgan fingerprint density at radius 1 is 1.12 bits per heavy atom. The van der Waals surface area contributed by atoms with Gasteiger partial charge in [-0.05, 0) is 12.5 Å². The van der Waals surface area contributed by atoms with E-state index in [0.717, 1.165) is 5.56 Å². The third-order valence-electron chi connectivity index (χ3n) is 3.81.